The molecule has 0 amide bonds. The van der Waals surface area contributed by atoms with Crippen LogP contribution in [0.15, 0.2) is 59.6 Å². The van der Waals surface area contributed by atoms with Gasteiger partial charge in [-0.15, -0.1) is 24.0 Å². The summed E-state index contributed by atoms with van der Waals surface area (Å²) in [5, 5.41) is 3.15. The van der Waals surface area contributed by atoms with Crippen LogP contribution in [0, 0.1) is 0 Å². The lowest BCUT2D eigenvalue weighted by Gasteiger charge is -2.38. The molecule has 2 aromatic carbocycles. The molecule has 30 heavy (non-hydrogen) atoms. The third kappa shape index (κ3) is 7.36. The van der Waals surface area contributed by atoms with E-state index in [9.17, 15) is 0 Å². The molecule has 0 saturated carbocycles. The Morgan fingerprint density at radius 2 is 1.63 bits per heavy atom. The molecule has 7 heteroatoms. The minimum Gasteiger partial charge on any atom is -0.491 e. The number of hydrogen-bond acceptors (Lipinski definition) is 4. The van der Waals surface area contributed by atoms with Crippen LogP contribution in [0.5, 0.6) is 5.75 Å². The van der Waals surface area contributed by atoms with E-state index in [4.69, 9.17) is 10.5 Å². The fraction of sp³-hybridized carbons (Fsp3) is 0.435. The molecule has 1 aliphatic rings. The van der Waals surface area contributed by atoms with Crippen LogP contribution in [0.1, 0.15) is 20.8 Å². The highest BCUT2D eigenvalue weighted by molar-refractivity contribution is 14.0. The summed E-state index contributed by atoms with van der Waals surface area (Å²) in [7, 11) is 0. The molecule has 0 aliphatic carbocycles. The van der Waals surface area contributed by atoms with Crippen molar-refractivity contribution in [2.75, 3.05) is 42.9 Å². The summed E-state index contributed by atoms with van der Waals surface area (Å²) >= 11 is 0. The van der Waals surface area contributed by atoms with Crippen LogP contribution < -0.4 is 20.7 Å². The van der Waals surface area contributed by atoms with E-state index in [-0.39, 0.29) is 30.1 Å². The molecule has 3 N–H and O–H groups in total. The van der Waals surface area contributed by atoms with Gasteiger partial charge in [0.1, 0.15) is 5.75 Å². The van der Waals surface area contributed by atoms with Gasteiger partial charge < -0.3 is 20.7 Å². The molecule has 3 rings (SSSR count). The monoisotopic (exact) mass is 523 g/mol. The van der Waals surface area contributed by atoms with Gasteiger partial charge in [0.05, 0.1) is 12.6 Å². The molecule has 164 valence electrons. The van der Waals surface area contributed by atoms with Gasteiger partial charge in [0, 0.05) is 43.6 Å². The van der Waals surface area contributed by atoms with Crippen molar-refractivity contribution in [3.63, 3.8) is 0 Å². The molecule has 1 unspecified atom stereocenters. The first kappa shape index (κ1) is 24.3. The Morgan fingerprint density at radius 1 is 1.00 bits per heavy atom. The maximum absolute atomic E-state index is 6.08. The van der Waals surface area contributed by atoms with Gasteiger partial charge in [-0.3, -0.25) is 9.89 Å². The molecule has 0 radical (unpaired) electrons. The van der Waals surface area contributed by atoms with E-state index in [1.807, 2.05) is 38.1 Å². The normalized spacial score (nSPS) is 16.1. The average molecular weight is 523 g/mol. The highest BCUT2D eigenvalue weighted by atomic mass is 127. The molecule has 1 atom stereocenters. The molecular formula is C23H34IN5O. The molecule has 0 aromatic heterocycles. The number of nitrogens with zero attached hydrogens (tertiary/aromatic N) is 3. The Hall–Kier alpha value is -2.00. The van der Waals surface area contributed by atoms with Crippen LogP contribution >= 0.6 is 24.0 Å². The van der Waals surface area contributed by atoms with E-state index >= 15 is 0 Å². The summed E-state index contributed by atoms with van der Waals surface area (Å²) in [6.45, 7) is 11.1. The van der Waals surface area contributed by atoms with Gasteiger partial charge in [0.2, 0.25) is 0 Å². The summed E-state index contributed by atoms with van der Waals surface area (Å²) in [5.41, 5.74) is 8.29. The quantitative estimate of drug-likeness (QED) is 0.326. The van der Waals surface area contributed by atoms with E-state index in [0.717, 1.165) is 37.6 Å². The molecule has 0 bridgehead atoms. The van der Waals surface area contributed by atoms with Crippen molar-refractivity contribution < 1.29 is 4.74 Å². The predicted molar refractivity (Wildman–Crippen MR) is 137 cm³/mol. The first-order valence-corrected chi connectivity index (χ1v) is 10.4. The molecule has 0 spiro atoms. The lowest BCUT2D eigenvalue weighted by atomic mass is 10.2. The lowest BCUT2D eigenvalue weighted by Crippen LogP contribution is -2.50. The number of halogens is 1. The number of nitrogens with two attached hydrogens (primary N) is 1. The van der Waals surface area contributed by atoms with Gasteiger partial charge in [-0.2, -0.15) is 0 Å². The second kappa shape index (κ2) is 12.0. The van der Waals surface area contributed by atoms with Crippen molar-refractivity contribution in [2.45, 2.75) is 32.9 Å². The number of guanidine groups is 1. The van der Waals surface area contributed by atoms with E-state index in [0.29, 0.717) is 18.5 Å². The smallest absolute Gasteiger partial charge is 0.193 e. The standard InChI is InChI=1S/C23H33N5O.HI/c1-18(2)29-22-11-9-20(10-12-22)26-23(24)25-17-19(3)27-13-15-28(16-14-27)21-7-5-4-6-8-21;/h4-12,18-19H,13-17H2,1-3H3,(H3,24,25,26);1H. The SMILES string of the molecule is CC(C)Oc1ccc(NC(N)=NCC(C)N2CCN(c3ccccc3)CC2)cc1.I. The molecule has 1 aliphatic heterocycles. The molecule has 1 fully saturated rings. The minimum atomic E-state index is 0. The summed E-state index contributed by atoms with van der Waals surface area (Å²) in [6.07, 6.45) is 0.163. The maximum Gasteiger partial charge on any atom is 0.193 e. The van der Waals surface area contributed by atoms with Gasteiger partial charge in [0.15, 0.2) is 5.96 Å². The largest absolute Gasteiger partial charge is 0.491 e. The van der Waals surface area contributed by atoms with Crippen molar-refractivity contribution in [3.8, 4) is 5.75 Å². The van der Waals surface area contributed by atoms with Crippen LogP contribution in [0.2, 0.25) is 0 Å². The predicted octanol–water partition coefficient (Wildman–Crippen LogP) is 4.03. The Labute approximate surface area is 197 Å². The Morgan fingerprint density at radius 3 is 2.23 bits per heavy atom. The summed E-state index contributed by atoms with van der Waals surface area (Å²) in [4.78, 5) is 9.46. The van der Waals surface area contributed by atoms with Gasteiger partial charge in [-0.25, -0.2) is 0 Å². The Balaban J connectivity index is 0.00000320. The second-order valence-electron chi connectivity index (χ2n) is 7.75. The van der Waals surface area contributed by atoms with Gasteiger partial charge >= 0.3 is 0 Å². The second-order valence-corrected chi connectivity index (χ2v) is 7.75. The molecule has 1 saturated heterocycles. The fourth-order valence-electron chi connectivity index (χ4n) is 3.48. The zero-order valence-electron chi connectivity index (χ0n) is 18.1. The molecule has 2 aromatic rings. The van der Waals surface area contributed by atoms with Gasteiger partial charge in [-0.05, 0) is 57.2 Å². The van der Waals surface area contributed by atoms with Gasteiger partial charge in [-0.1, -0.05) is 18.2 Å². The third-order valence-electron chi connectivity index (χ3n) is 5.08. The lowest BCUT2D eigenvalue weighted by molar-refractivity contribution is 0.201. The van der Waals surface area contributed by atoms with Crippen molar-refractivity contribution in [3.05, 3.63) is 54.6 Å². The van der Waals surface area contributed by atoms with Crippen molar-refractivity contribution in [2.24, 2.45) is 10.7 Å². The first-order valence-electron chi connectivity index (χ1n) is 10.4. The van der Waals surface area contributed by atoms with E-state index in [1.165, 1.54) is 5.69 Å². The summed E-state index contributed by atoms with van der Waals surface area (Å²) in [5.74, 6) is 1.29. The Bertz CT molecular complexity index is 774. The molecular weight excluding hydrogens is 489 g/mol. The highest BCUT2D eigenvalue weighted by Gasteiger charge is 2.21. The van der Waals surface area contributed by atoms with E-state index < -0.39 is 0 Å². The number of ether oxygens (including phenoxy) is 1. The Kier molecular flexibility index (Phi) is 9.71. The zero-order valence-corrected chi connectivity index (χ0v) is 20.5. The number of anilines is 2. The van der Waals surface area contributed by atoms with Crippen LogP contribution in [0.4, 0.5) is 11.4 Å². The van der Waals surface area contributed by atoms with Crippen LogP contribution in [-0.4, -0.2) is 55.7 Å². The number of nitrogens with one attached hydrogen (secondary N) is 1. The zero-order chi connectivity index (χ0) is 20.6. The van der Waals surface area contributed by atoms with Gasteiger partial charge in [0.25, 0.3) is 0 Å². The van der Waals surface area contributed by atoms with E-state index in [1.54, 1.807) is 0 Å². The summed E-state index contributed by atoms with van der Waals surface area (Å²) in [6, 6.07) is 18.7. The van der Waals surface area contributed by atoms with E-state index in [2.05, 4.69) is 57.4 Å². The van der Waals surface area contributed by atoms with Crippen molar-refractivity contribution in [1.29, 1.82) is 0 Å². The average Bonchev–Trinajstić information content (AvgIpc) is 2.74. The maximum atomic E-state index is 6.08. The highest BCUT2D eigenvalue weighted by Crippen LogP contribution is 2.18. The number of para-hydroxylation sites is 1. The molecule has 1 heterocycles. The van der Waals surface area contributed by atoms with Crippen LogP contribution in [0.25, 0.3) is 0 Å². The first-order chi connectivity index (χ1) is 14.0. The minimum absolute atomic E-state index is 0. The van der Waals surface area contributed by atoms with Crippen LogP contribution in [0.3, 0.4) is 0 Å². The number of rotatable bonds is 7. The number of piperazine rings is 1. The topological polar surface area (TPSA) is 66.1 Å². The number of hydrogen-bond donors (Lipinski definition) is 2. The van der Waals surface area contributed by atoms with Crippen LogP contribution in [-0.2, 0) is 0 Å². The van der Waals surface area contributed by atoms with Crippen molar-refractivity contribution in [1.82, 2.24) is 4.90 Å². The summed E-state index contributed by atoms with van der Waals surface area (Å²) < 4.78 is 5.66. The fourth-order valence-corrected chi connectivity index (χ4v) is 3.48. The number of aliphatic imine (C=N–C) groups is 1. The molecule has 6 nitrogen and oxygen atoms in total. The van der Waals surface area contributed by atoms with Crippen molar-refractivity contribution >= 4 is 41.3 Å². The third-order valence-corrected chi connectivity index (χ3v) is 5.08. The number of benzene rings is 2.